The molecule has 1 amide bonds. The Morgan fingerprint density at radius 1 is 1.37 bits per heavy atom. The molecule has 1 heterocycles. The highest BCUT2D eigenvalue weighted by atomic mass is 19.1. The topological polar surface area (TPSA) is 46.3 Å². The average molecular weight is 264 g/mol. The first-order chi connectivity index (χ1) is 8.91. The van der Waals surface area contributed by atoms with Gasteiger partial charge in [-0.1, -0.05) is 12.1 Å². The lowest BCUT2D eigenvalue weighted by atomic mass is 9.82. The van der Waals surface area contributed by atoms with Crippen LogP contribution in [0.5, 0.6) is 0 Å². The monoisotopic (exact) mass is 264 g/mol. The Hall–Kier alpha value is -1.42. The lowest BCUT2D eigenvalue weighted by Crippen LogP contribution is -2.51. The Morgan fingerprint density at radius 3 is 2.58 bits per heavy atom. The number of rotatable bonds is 2. The number of carbonyl (C=O) groups is 1. The van der Waals surface area contributed by atoms with Crippen LogP contribution in [0.1, 0.15) is 32.3 Å². The smallest absolute Gasteiger partial charge is 0.232 e. The molecule has 1 unspecified atom stereocenters. The molecule has 0 radical (unpaired) electrons. The van der Waals surface area contributed by atoms with Gasteiger partial charge in [0.25, 0.3) is 0 Å². The van der Waals surface area contributed by atoms with Crippen LogP contribution in [0.3, 0.4) is 0 Å². The minimum absolute atomic E-state index is 0.0641. The quantitative estimate of drug-likeness (QED) is 0.888. The van der Waals surface area contributed by atoms with Crippen molar-refractivity contribution in [2.45, 2.75) is 38.1 Å². The number of amides is 1. The molecule has 1 atom stereocenters. The summed E-state index contributed by atoms with van der Waals surface area (Å²) in [4.78, 5) is 14.5. The minimum atomic E-state index is -0.648. The Balaban J connectivity index is 2.18. The van der Waals surface area contributed by atoms with E-state index >= 15 is 0 Å². The summed E-state index contributed by atoms with van der Waals surface area (Å²) in [6.45, 7) is 5.13. The lowest BCUT2D eigenvalue weighted by molar-refractivity contribution is -0.137. The Bertz CT molecular complexity index is 456. The molecule has 2 rings (SSSR count). The molecule has 4 heteroatoms. The Labute approximate surface area is 113 Å². The van der Waals surface area contributed by atoms with Gasteiger partial charge < -0.3 is 10.6 Å². The van der Waals surface area contributed by atoms with Gasteiger partial charge in [-0.3, -0.25) is 4.79 Å². The van der Waals surface area contributed by atoms with Gasteiger partial charge in [0.05, 0.1) is 5.41 Å². The third-order valence-electron chi connectivity index (χ3n) is 3.85. The maximum atomic E-state index is 13.0. The Kier molecular flexibility index (Phi) is 3.90. The molecule has 0 aliphatic carbocycles. The van der Waals surface area contributed by atoms with Crippen molar-refractivity contribution in [1.29, 1.82) is 0 Å². The van der Waals surface area contributed by atoms with Crippen LogP contribution in [0, 0.1) is 5.82 Å². The van der Waals surface area contributed by atoms with Gasteiger partial charge in [0, 0.05) is 19.1 Å². The van der Waals surface area contributed by atoms with Crippen LogP contribution in [0.4, 0.5) is 4.39 Å². The van der Waals surface area contributed by atoms with Crippen molar-refractivity contribution in [3.05, 3.63) is 35.6 Å². The first kappa shape index (κ1) is 14.0. The molecule has 104 valence electrons. The van der Waals surface area contributed by atoms with Gasteiger partial charge in [0.15, 0.2) is 0 Å². The number of hydrogen-bond acceptors (Lipinski definition) is 2. The molecule has 0 spiro atoms. The van der Waals surface area contributed by atoms with E-state index in [1.54, 1.807) is 12.1 Å². The molecular formula is C15H21FN2O. The van der Waals surface area contributed by atoms with Gasteiger partial charge >= 0.3 is 0 Å². The van der Waals surface area contributed by atoms with Crippen LogP contribution in [0.2, 0.25) is 0 Å². The van der Waals surface area contributed by atoms with Crippen LogP contribution < -0.4 is 5.73 Å². The second-order valence-corrected chi connectivity index (χ2v) is 5.79. The second-order valence-electron chi connectivity index (χ2n) is 5.79. The molecule has 0 bridgehead atoms. The lowest BCUT2D eigenvalue weighted by Gasteiger charge is -2.36. The number of nitrogens with zero attached hydrogens (tertiary/aromatic N) is 1. The molecule has 1 aliphatic heterocycles. The molecule has 1 saturated heterocycles. The number of carbonyl (C=O) groups excluding carboxylic acids is 1. The first-order valence-corrected chi connectivity index (χ1v) is 6.72. The second kappa shape index (κ2) is 5.29. The third-order valence-corrected chi connectivity index (χ3v) is 3.85. The van der Waals surface area contributed by atoms with E-state index in [9.17, 15) is 9.18 Å². The highest BCUT2D eigenvalue weighted by Crippen LogP contribution is 2.27. The van der Waals surface area contributed by atoms with Crippen molar-refractivity contribution in [3.63, 3.8) is 0 Å². The molecule has 0 aromatic heterocycles. The van der Waals surface area contributed by atoms with Crippen molar-refractivity contribution < 1.29 is 9.18 Å². The van der Waals surface area contributed by atoms with E-state index in [2.05, 4.69) is 0 Å². The summed E-state index contributed by atoms with van der Waals surface area (Å²) in [7, 11) is 0. The predicted octanol–water partition coefficient (Wildman–Crippen LogP) is 2.05. The number of hydrogen-bond donors (Lipinski definition) is 1. The zero-order chi connectivity index (χ0) is 14.0. The molecule has 1 aromatic rings. The molecule has 1 aromatic carbocycles. The third kappa shape index (κ3) is 2.95. The van der Waals surface area contributed by atoms with Gasteiger partial charge in [-0.2, -0.15) is 0 Å². The van der Waals surface area contributed by atoms with Crippen molar-refractivity contribution in [1.82, 2.24) is 4.90 Å². The number of nitrogens with two attached hydrogens (primary N) is 1. The fourth-order valence-electron chi connectivity index (χ4n) is 2.58. The summed E-state index contributed by atoms with van der Waals surface area (Å²) < 4.78 is 13.0. The highest BCUT2D eigenvalue weighted by Gasteiger charge is 2.35. The normalized spacial score (nSPS) is 20.4. The fourth-order valence-corrected chi connectivity index (χ4v) is 2.58. The zero-order valence-electron chi connectivity index (χ0n) is 11.5. The fraction of sp³-hybridized carbons (Fsp3) is 0.533. The van der Waals surface area contributed by atoms with Crippen LogP contribution in [0.25, 0.3) is 0 Å². The summed E-state index contributed by atoms with van der Waals surface area (Å²) in [5.74, 6) is -0.221. The largest absolute Gasteiger partial charge is 0.340 e. The minimum Gasteiger partial charge on any atom is -0.340 e. The summed E-state index contributed by atoms with van der Waals surface area (Å²) in [6, 6.07) is 6.22. The molecule has 2 N–H and O–H groups in total. The van der Waals surface area contributed by atoms with Crippen molar-refractivity contribution >= 4 is 5.91 Å². The number of halogens is 1. The number of likely N-dealkylation sites (tertiary alicyclic amines) is 1. The van der Waals surface area contributed by atoms with Crippen molar-refractivity contribution in [2.75, 3.05) is 13.1 Å². The maximum Gasteiger partial charge on any atom is 0.232 e. The van der Waals surface area contributed by atoms with Gasteiger partial charge in [-0.05, 0) is 44.4 Å². The van der Waals surface area contributed by atoms with E-state index in [0.29, 0.717) is 6.54 Å². The van der Waals surface area contributed by atoms with E-state index in [1.807, 2.05) is 18.7 Å². The highest BCUT2D eigenvalue weighted by molar-refractivity contribution is 5.87. The Morgan fingerprint density at radius 2 is 2.00 bits per heavy atom. The van der Waals surface area contributed by atoms with E-state index in [-0.39, 0.29) is 17.8 Å². The molecule has 1 fully saturated rings. The molecule has 3 nitrogen and oxygen atoms in total. The zero-order valence-corrected chi connectivity index (χ0v) is 11.5. The molecule has 0 saturated carbocycles. The molecular weight excluding hydrogens is 243 g/mol. The van der Waals surface area contributed by atoms with Crippen LogP contribution in [-0.2, 0) is 10.2 Å². The van der Waals surface area contributed by atoms with Gasteiger partial charge in [0.1, 0.15) is 5.82 Å². The summed E-state index contributed by atoms with van der Waals surface area (Å²) >= 11 is 0. The predicted molar refractivity (Wildman–Crippen MR) is 73.2 cm³/mol. The van der Waals surface area contributed by atoms with Crippen LogP contribution in [-0.4, -0.2) is 29.9 Å². The number of benzene rings is 1. The van der Waals surface area contributed by atoms with Crippen LogP contribution >= 0.6 is 0 Å². The SMILES string of the molecule is CC(C)(C(=O)N1CCCC(N)C1)c1ccc(F)cc1. The first-order valence-electron chi connectivity index (χ1n) is 6.72. The van der Waals surface area contributed by atoms with E-state index in [0.717, 1.165) is 24.9 Å². The van der Waals surface area contributed by atoms with Gasteiger partial charge in [0.2, 0.25) is 5.91 Å². The maximum absolute atomic E-state index is 13.0. The van der Waals surface area contributed by atoms with Gasteiger partial charge in [-0.25, -0.2) is 4.39 Å². The van der Waals surface area contributed by atoms with Crippen LogP contribution in [0.15, 0.2) is 24.3 Å². The van der Waals surface area contributed by atoms with E-state index < -0.39 is 5.41 Å². The van der Waals surface area contributed by atoms with Crippen molar-refractivity contribution in [2.24, 2.45) is 5.73 Å². The molecule has 19 heavy (non-hydrogen) atoms. The molecule has 1 aliphatic rings. The summed E-state index contributed by atoms with van der Waals surface area (Å²) in [6.07, 6.45) is 1.92. The standard InChI is InChI=1S/C15H21FN2O/c1-15(2,11-5-7-12(16)8-6-11)14(19)18-9-3-4-13(17)10-18/h5-8,13H,3-4,9-10,17H2,1-2H3. The van der Waals surface area contributed by atoms with E-state index in [4.69, 9.17) is 5.73 Å². The summed E-state index contributed by atoms with van der Waals surface area (Å²) in [5.41, 5.74) is 6.10. The van der Waals surface area contributed by atoms with E-state index in [1.165, 1.54) is 12.1 Å². The van der Waals surface area contributed by atoms with Gasteiger partial charge in [-0.15, -0.1) is 0 Å². The number of piperidine rings is 1. The average Bonchev–Trinajstić information content (AvgIpc) is 2.38. The summed E-state index contributed by atoms with van der Waals surface area (Å²) in [5, 5.41) is 0. The van der Waals surface area contributed by atoms with Crippen molar-refractivity contribution in [3.8, 4) is 0 Å².